The van der Waals surface area contributed by atoms with E-state index >= 15 is 0 Å². The second kappa shape index (κ2) is 9.18. The summed E-state index contributed by atoms with van der Waals surface area (Å²) in [4.78, 5) is 16.6. The van der Waals surface area contributed by atoms with Gasteiger partial charge in [0.05, 0.1) is 6.61 Å². The predicted octanol–water partition coefficient (Wildman–Crippen LogP) is 2.80. The van der Waals surface area contributed by atoms with Crippen molar-refractivity contribution in [3.63, 3.8) is 0 Å². The van der Waals surface area contributed by atoms with Gasteiger partial charge in [-0.3, -0.25) is 4.79 Å². The number of nitrogens with zero attached hydrogens (tertiary/aromatic N) is 2. The van der Waals surface area contributed by atoms with Crippen LogP contribution in [0.15, 0.2) is 22.7 Å². The summed E-state index contributed by atoms with van der Waals surface area (Å²) >= 11 is 3.49. The number of ether oxygens (including phenoxy) is 1. The Morgan fingerprint density at radius 2 is 1.95 bits per heavy atom. The summed E-state index contributed by atoms with van der Waals surface area (Å²) in [6, 6.07) is 5.74. The van der Waals surface area contributed by atoms with E-state index in [2.05, 4.69) is 20.8 Å². The zero-order valence-electron chi connectivity index (χ0n) is 13.4. The normalized spacial score (nSPS) is 11.0. The van der Waals surface area contributed by atoms with Gasteiger partial charge in [0.25, 0.3) is 5.91 Å². The van der Waals surface area contributed by atoms with E-state index in [9.17, 15) is 4.79 Å². The van der Waals surface area contributed by atoms with Crippen LogP contribution in [0.2, 0.25) is 0 Å². The highest BCUT2D eigenvalue weighted by Gasteiger charge is 2.16. The van der Waals surface area contributed by atoms with E-state index in [1.807, 2.05) is 44.1 Å². The number of carbonyl (C=O) groups excluding carboxylic acids is 1. The molecule has 0 fully saturated rings. The van der Waals surface area contributed by atoms with Crippen LogP contribution in [-0.4, -0.2) is 63.2 Å². The molecular formula is C16H25BrN2O2. The summed E-state index contributed by atoms with van der Waals surface area (Å²) in [5.41, 5.74) is 1.84. The SMILES string of the molecule is COCCN(CCCN(C)C)C(=O)c1ccc(C)c(Br)c1. The highest BCUT2D eigenvalue weighted by atomic mass is 79.9. The minimum absolute atomic E-state index is 0.0616. The fourth-order valence-electron chi connectivity index (χ4n) is 2.00. The molecule has 1 rings (SSSR count). The summed E-state index contributed by atoms with van der Waals surface area (Å²) in [6.45, 7) is 4.90. The molecule has 0 saturated heterocycles. The van der Waals surface area contributed by atoms with E-state index in [0.717, 1.165) is 29.5 Å². The molecule has 0 radical (unpaired) electrons. The van der Waals surface area contributed by atoms with Crippen LogP contribution in [0.5, 0.6) is 0 Å². The molecule has 0 aliphatic heterocycles. The number of hydrogen-bond acceptors (Lipinski definition) is 3. The summed E-state index contributed by atoms with van der Waals surface area (Å²) in [7, 11) is 5.74. The van der Waals surface area contributed by atoms with Gasteiger partial charge in [0.2, 0.25) is 0 Å². The van der Waals surface area contributed by atoms with E-state index in [-0.39, 0.29) is 5.91 Å². The molecule has 118 valence electrons. The van der Waals surface area contributed by atoms with Crippen LogP contribution in [0, 0.1) is 6.92 Å². The molecule has 1 aromatic carbocycles. The average molecular weight is 357 g/mol. The van der Waals surface area contributed by atoms with Gasteiger partial charge in [-0.15, -0.1) is 0 Å². The van der Waals surface area contributed by atoms with Gasteiger partial charge in [-0.2, -0.15) is 0 Å². The zero-order chi connectivity index (χ0) is 15.8. The molecule has 0 N–H and O–H groups in total. The van der Waals surface area contributed by atoms with E-state index < -0.39 is 0 Å². The Kier molecular flexibility index (Phi) is 7.93. The molecule has 1 aromatic rings. The van der Waals surface area contributed by atoms with Crippen molar-refractivity contribution in [1.29, 1.82) is 0 Å². The quantitative estimate of drug-likeness (QED) is 0.717. The second-order valence-corrected chi connectivity index (χ2v) is 6.26. The Morgan fingerprint density at radius 1 is 1.24 bits per heavy atom. The first kappa shape index (κ1) is 18.1. The lowest BCUT2D eigenvalue weighted by Gasteiger charge is -2.23. The number of hydrogen-bond donors (Lipinski definition) is 0. The Bertz CT molecular complexity index is 464. The highest BCUT2D eigenvalue weighted by molar-refractivity contribution is 9.10. The van der Waals surface area contributed by atoms with E-state index in [1.54, 1.807) is 7.11 Å². The Morgan fingerprint density at radius 3 is 2.52 bits per heavy atom. The van der Waals surface area contributed by atoms with Crippen molar-refractivity contribution >= 4 is 21.8 Å². The van der Waals surface area contributed by atoms with Crippen LogP contribution >= 0.6 is 15.9 Å². The standard InChI is InChI=1S/C16H25BrN2O2/c1-13-6-7-14(12-15(13)17)16(20)19(10-11-21-4)9-5-8-18(2)3/h6-7,12H,5,8-11H2,1-4H3. The van der Waals surface area contributed by atoms with Crippen molar-refractivity contribution in [2.24, 2.45) is 0 Å². The Labute approximate surface area is 136 Å². The number of methoxy groups -OCH3 is 1. The Balaban J connectivity index is 2.75. The van der Waals surface area contributed by atoms with Gasteiger partial charge in [0.15, 0.2) is 0 Å². The molecule has 0 unspecified atom stereocenters. The number of benzene rings is 1. The molecular weight excluding hydrogens is 332 g/mol. The van der Waals surface area contributed by atoms with Crippen molar-refractivity contribution in [2.75, 3.05) is 47.4 Å². The fraction of sp³-hybridized carbons (Fsp3) is 0.562. The van der Waals surface area contributed by atoms with Gasteiger partial charge >= 0.3 is 0 Å². The molecule has 0 heterocycles. The lowest BCUT2D eigenvalue weighted by molar-refractivity contribution is 0.0689. The van der Waals surface area contributed by atoms with Crippen molar-refractivity contribution in [3.8, 4) is 0 Å². The van der Waals surface area contributed by atoms with E-state index in [4.69, 9.17) is 4.74 Å². The largest absolute Gasteiger partial charge is 0.383 e. The number of amides is 1. The second-order valence-electron chi connectivity index (χ2n) is 5.41. The molecule has 0 atom stereocenters. The molecule has 0 aromatic heterocycles. The third-order valence-corrected chi connectivity index (χ3v) is 4.16. The van der Waals surface area contributed by atoms with Gasteiger partial charge in [0, 0.05) is 30.2 Å². The molecule has 5 heteroatoms. The fourth-order valence-corrected chi connectivity index (χ4v) is 2.38. The van der Waals surface area contributed by atoms with Crippen molar-refractivity contribution in [1.82, 2.24) is 9.80 Å². The first-order chi connectivity index (χ1) is 9.95. The summed E-state index contributed by atoms with van der Waals surface area (Å²) in [6.07, 6.45) is 0.954. The zero-order valence-corrected chi connectivity index (χ0v) is 14.9. The van der Waals surface area contributed by atoms with Crippen LogP contribution in [0.3, 0.4) is 0 Å². The topological polar surface area (TPSA) is 32.8 Å². The first-order valence-electron chi connectivity index (χ1n) is 7.14. The molecule has 4 nitrogen and oxygen atoms in total. The predicted molar refractivity (Wildman–Crippen MR) is 89.8 cm³/mol. The van der Waals surface area contributed by atoms with Crippen molar-refractivity contribution in [2.45, 2.75) is 13.3 Å². The third kappa shape index (κ3) is 6.16. The molecule has 0 spiro atoms. The maximum Gasteiger partial charge on any atom is 0.253 e. The maximum atomic E-state index is 12.6. The van der Waals surface area contributed by atoms with Gasteiger partial charge < -0.3 is 14.5 Å². The van der Waals surface area contributed by atoms with Crippen LogP contribution < -0.4 is 0 Å². The monoisotopic (exact) mass is 356 g/mol. The van der Waals surface area contributed by atoms with Gasteiger partial charge in [-0.25, -0.2) is 0 Å². The maximum absolute atomic E-state index is 12.6. The molecule has 0 bridgehead atoms. The van der Waals surface area contributed by atoms with Crippen LogP contribution in [0.25, 0.3) is 0 Å². The minimum Gasteiger partial charge on any atom is -0.383 e. The van der Waals surface area contributed by atoms with Gasteiger partial charge in [-0.05, 0) is 51.7 Å². The lowest BCUT2D eigenvalue weighted by atomic mass is 10.1. The van der Waals surface area contributed by atoms with E-state index in [0.29, 0.717) is 18.7 Å². The van der Waals surface area contributed by atoms with Crippen LogP contribution in [0.1, 0.15) is 22.3 Å². The number of aryl methyl sites for hydroxylation is 1. The molecule has 21 heavy (non-hydrogen) atoms. The Hall–Kier alpha value is -0.910. The van der Waals surface area contributed by atoms with Crippen molar-refractivity contribution in [3.05, 3.63) is 33.8 Å². The minimum atomic E-state index is 0.0616. The number of rotatable bonds is 8. The van der Waals surface area contributed by atoms with Crippen molar-refractivity contribution < 1.29 is 9.53 Å². The average Bonchev–Trinajstić information content (AvgIpc) is 2.44. The van der Waals surface area contributed by atoms with Crippen LogP contribution in [0.4, 0.5) is 0 Å². The molecule has 0 aliphatic carbocycles. The van der Waals surface area contributed by atoms with Crippen LogP contribution in [-0.2, 0) is 4.74 Å². The number of halogens is 1. The van der Waals surface area contributed by atoms with E-state index in [1.165, 1.54) is 0 Å². The summed E-state index contributed by atoms with van der Waals surface area (Å²) < 4.78 is 6.08. The lowest BCUT2D eigenvalue weighted by Crippen LogP contribution is -2.36. The first-order valence-corrected chi connectivity index (χ1v) is 7.94. The number of carbonyl (C=O) groups is 1. The molecule has 1 amide bonds. The highest BCUT2D eigenvalue weighted by Crippen LogP contribution is 2.18. The summed E-state index contributed by atoms with van der Waals surface area (Å²) in [5, 5.41) is 0. The van der Waals surface area contributed by atoms with Gasteiger partial charge in [-0.1, -0.05) is 22.0 Å². The molecule has 0 saturated carbocycles. The molecule has 0 aliphatic rings. The smallest absolute Gasteiger partial charge is 0.253 e. The van der Waals surface area contributed by atoms with Gasteiger partial charge in [0.1, 0.15) is 0 Å². The summed E-state index contributed by atoms with van der Waals surface area (Å²) in [5.74, 6) is 0.0616. The third-order valence-electron chi connectivity index (χ3n) is 3.30.